The SMILES string of the molecule is CCN(C(=O)c1cc(F)ccc1Oc1nncnc1N1CCC2(C1)CN([C@H](CCNCCCOC)C(C)C)C2)C(C)C. The van der Waals surface area contributed by atoms with Crippen molar-refractivity contribution in [3.8, 4) is 11.6 Å². The largest absolute Gasteiger partial charge is 0.434 e. The van der Waals surface area contributed by atoms with Gasteiger partial charge in [-0.1, -0.05) is 13.8 Å². The Morgan fingerprint density at radius 2 is 1.98 bits per heavy atom. The van der Waals surface area contributed by atoms with Gasteiger partial charge in [0.1, 0.15) is 17.9 Å². The molecule has 3 heterocycles. The number of nitrogens with zero attached hydrogens (tertiary/aromatic N) is 6. The number of benzene rings is 1. The summed E-state index contributed by atoms with van der Waals surface area (Å²) in [5, 5.41) is 11.8. The Hall–Kier alpha value is -2.89. The maximum absolute atomic E-state index is 14.3. The van der Waals surface area contributed by atoms with Gasteiger partial charge in [-0.25, -0.2) is 9.37 Å². The minimum atomic E-state index is -0.499. The van der Waals surface area contributed by atoms with Crippen LogP contribution in [0.3, 0.4) is 0 Å². The molecule has 2 aliphatic heterocycles. The first-order chi connectivity index (χ1) is 20.2. The predicted octanol–water partition coefficient (Wildman–Crippen LogP) is 4.23. The molecule has 0 unspecified atom stereocenters. The second kappa shape index (κ2) is 14.5. The molecule has 1 N–H and O–H groups in total. The third-order valence-corrected chi connectivity index (χ3v) is 8.55. The summed E-state index contributed by atoms with van der Waals surface area (Å²) in [6.07, 6.45) is 4.64. The van der Waals surface area contributed by atoms with Crippen molar-refractivity contribution in [2.45, 2.75) is 66.0 Å². The molecule has 2 saturated heterocycles. The molecule has 1 amide bonds. The molecule has 1 atom stereocenters. The summed E-state index contributed by atoms with van der Waals surface area (Å²) in [5.41, 5.74) is 0.361. The zero-order valence-electron chi connectivity index (χ0n) is 26.1. The van der Waals surface area contributed by atoms with Crippen LogP contribution >= 0.6 is 0 Å². The highest BCUT2D eigenvalue weighted by Gasteiger charge is 2.50. The normalized spacial score (nSPS) is 17.2. The molecule has 0 radical (unpaired) electrons. The number of amides is 1. The van der Waals surface area contributed by atoms with Crippen LogP contribution in [0.25, 0.3) is 0 Å². The Morgan fingerprint density at radius 1 is 1.19 bits per heavy atom. The van der Waals surface area contributed by atoms with Gasteiger partial charge in [0, 0.05) is 63.9 Å². The van der Waals surface area contributed by atoms with Crippen LogP contribution in [-0.4, -0.2) is 103 Å². The number of aromatic nitrogens is 3. The monoisotopic (exact) mass is 585 g/mol. The maximum atomic E-state index is 14.3. The summed E-state index contributed by atoms with van der Waals surface area (Å²) in [6, 6.07) is 4.49. The topological polar surface area (TPSA) is 96.0 Å². The van der Waals surface area contributed by atoms with Crippen LogP contribution in [-0.2, 0) is 4.74 Å². The molecule has 4 rings (SSSR count). The van der Waals surface area contributed by atoms with Gasteiger partial charge >= 0.3 is 0 Å². The van der Waals surface area contributed by atoms with E-state index in [1.807, 2.05) is 20.8 Å². The van der Waals surface area contributed by atoms with Gasteiger partial charge in [0.15, 0.2) is 5.82 Å². The second-order valence-corrected chi connectivity index (χ2v) is 12.3. The number of nitrogens with one attached hydrogen (secondary N) is 1. The Morgan fingerprint density at radius 3 is 2.67 bits per heavy atom. The van der Waals surface area contributed by atoms with E-state index >= 15 is 0 Å². The van der Waals surface area contributed by atoms with Gasteiger partial charge in [0.05, 0.1) is 5.56 Å². The molecule has 1 spiro atoms. The molecule has 232 valence electrons. The van der Waals surface area contributed by atoms with Crippen molar-refractivity contribution >= 4 is 11.7 Å². The number of likely N-dealkylation sites (tertiary alicyclic amines) is 1. The molecule has 1 aromatic heterocycles. The van der Waals surface area contributed by atoms with E-state index < -0.39 is 5.82 Å². The molecule has 0 saturated carbocycles. The second-order valence-electron chi connectivity index (χ2n) is 12.3. The number of anilines is 1. The standard InChI is InChI=1S/C31H48FN7O3/c1-7-39(23(4)5)30(40)25-17-24(32)9-10-27(25)42-29-28(34-21-35-36-29)37-15-12-31(18-37)19-38(20-31)26(22(2)3)11-14-33-13-8-16-41-6/h9-10,17,21-23,26,33H,7-8,11-16,18-20H2,1-6H3/t26-/m1/s1. The van der Waals surface area contributed by atoms with Crippen molar-refractivity contribution in [3.63, 3.8) is 0 Å². The highest BCUT2D eigenvalue weighted by atomic mass is 19.1. The predicted molar refractivity (Wildman–Crippen MR) is 162 cm³/mol. The lowest BCUT2D eigenvalue weighted by atomic mass is 9.76. The van der Waals surface area contributed by atoms with Gasteiger partial charge in [-0.3, -0.25) is 9.69 Å². The molecule has 42 heavy (non-hydrogen) atoms. The first-order valence-corrected chi connectivity index (χ1v) is 15.3. The molecule has 1 aromatic carbocycles. The number of rotatable bonds is 15. The third kappa shape index (κ3) is 7.54. The van der Waals surface area contributed by atoms with Crippen molar-refractivity contribution in [2.24, 2.45) is 11.3 Å². The number of carbonyl (C=O) groups is 1. The van der Waals surface area contributed by atoms with Gasteiger partial charge in [-0.2, -0.15) is 0 Å². The summed E-state index contributed by atoms with van der Waals surface area (Å²) in [4.78, 5) is 24.4. The van der Waals surface area contributed by atoms with Crippen molar-refractivity contribution in [1.29, 1.82) is 0 Å². The molecule has 0 aliphatic carbocycles. The number of hydrogen-bond acceptors (Lipinski definition) is 9. The third-order valence-electron chi connectivity index (χ3n) is 8.55. The Kier molecular flexibility index (Phi) is 11.1. The number of methoxy groups -OCH3 is 1. The van der Waals surface area contributed by atoms with Crippen LogP contribution in [0.1, 0.15) is 64.2 Å². The van der Waals surface area contributed by atoms with Gasteiger partial charge in [0.2, 0.25) is 0 Å². The molecular formula is C31H48FN7O3. The fraction of sp³-hybridized carbons (Fsp3) is 0.677. The zero-order valence-corrected chi connectivity index (χ0v) is 26.1. The van der Waals surface area contributed by atoms with Crippen LogP contribution < -0.4 is 15.0 Å². The van der Waals surface area contributed by atoms with Crippen molar-refractivity contribution < 1.29 is 18.7 Å². The lowest BCUT2D eigenvalue weighted by Crippen LogP contribution is -2.62. The highest BCUT2D eigenvalue weighted by molar-refractivity contribution is 5.97. The van der Waals surface area contributed by atoms with E-state index in [2.05, 4.69) is 44.1 Å². The summed E-state index contributed by atoms with van der Waals surface area (Å²) in [6.45, 7) is 17.5. The van der Waals surface area contributed by atoms with Gasteiger partial charge < -0.3 is 24.6 Å². The number of carbonyl (C=O) groups excluding carboxylic acids is 1. The molecule has 2 aromatic rings. The van der Waals surface area contributed by atoms with Crippen LogP contribution in [0.15, 0.2) is 24.5 Å². The molecule has 2 fully saturated rings. The molecule has 10 nitrogen and oxygen atoms in total. The quantitative estimate of drug-likeness (QED) is 0.308. The smallest absolute Gasteiger partial charge is 0.282 e. The Bertz CT molecular complexity index is 1170. The zero-order chi connectivity index (χ0) is 30.3. The summed E-state index contributed by atoms with van der Waals surface area (Å²) < 4.78 is 25.6. The van der Waals surface area contributed by atoms with Crippen LogP contribution in [0, 0.1) is 17.2 Å². The highest BCUT2D eigenvalue weighted by Crippen LogP contribution is 2.44. The van der Waals surface area contributed by atoms with E-state index in [1.165, 1.54) is 24.5 Å². The van der Waals surface area contributed by atoms with Gasteiger partial charge in [0.25, 0.3) is 11.8 Å². The fourth-order valence-corrected chi connectivity index (χ4v) is 6.38. The first kappa shape index (κ1) is 32.0. The number of halogens is 1. The lowest BCUT2D eigenvalue weighted by molar-refractivity contribution is -0.0332. The molecular weight excluding hydrogens is 537 g/mol. The van der Waals surface area contributed by atoms with Crippen molar-refractivity contribution in [2.75, 3.05) is 64.4 Å². The maximum Gasteiger partial charge on any atom is 0.282 e. The number of ether oxygens (including phenoxy) is 2. The van der Waals surface area contributed by atoms with E-state index in [1.54, 1.807) is 12.0 Å². The minimum Gasteiger partial charge on any atom is -0.434 e. The van der Waals surface area contributed by atoms with Crippen molar-refractivity contribution in [3.05, 3.63) is 35.9 Å². The summed E-state index contributed by atoms with van der Waals surface area (Å²) in [7, 11) is 1.74. The molecule has 2 aliphatic rings. The average Bonchev–Trinajstić information content (AvgIpc) is 3.39. The van der Waals surface area contributed by atoms with Crippen LogP contribution in [0.2, 0.25) is 0 Å². The van der Waals surface area contributed by atoms with E-state index in [0.29, 0.717) is 24.3 Å². The Balaban J connectivity index is 1.42. The van der Waals surface area contributed by atoms with Crippen molar-refractivity contribution in [1.82, 2.24) is 30.3 Å². The molecule has 0 bridgehead atoms. The Labute approximate surface area is 250 Å². The molecule has 11 heteroatoms. The van der Waals surface area contributed by atoms with Gasteiger partial charge in [-0.15, -0.1) is 10.2 Å². The van der Waals surface area contributed by atoms with E-state index in [-0.39, 0.29) is 34.6 Å². The average molecular weight is 586 g/mol. The van der Waals surface area contributed by atoms with E-state index in [4.69, 9.17) is 9.47 Å². The first-order valence-electron chi connectivity index (χ1n) is 15.3. The van der Waals surface area contributed by atoms with Crippen LogP contribution in [0.4, 0.5) is 10.2 Å². The number of hydrogen-bond donors (Lipinski definition) is 1. The lowest BCUT2D eigenvalue weighted by Gasteiger charge is -2.53. The van der Waals surface area contributed by atoms with E-state index in [0.717, 1.165) is 65.1 Å². The fourth-order valence-electron chi connectivity index (χ4n) is 6.38. The van der Waals surface area contributed by atoms with E-state index in [9.17, 15) is 9.18 Å². The summed E-state index contributed by atoms with van der Waals surface area (Å²) >= 11 is 0. The van der Waals surface area contributed by atoms with Crippen LogP contribution in [0.5, 0.6) is 11.6 Å². The van der Waals surface area contributed by atoms with Gasteiger partial charge in [-0.05, 0) is 77.2 Å². The minimum absolute atomic E-state index is 0.0392. The summed E-state index contributed by atoms with van der Waals surface area (Å²) in [5.74, 6) is 0.848.